The third-order valence-electron chi connectivity index (χ3n) is 4.25. The number of aromatic nitrogens is 1. The average molecular weight is 425 g/mol. The third kappa shape index (κ3) is 7.03. The van der Waals surface area contributed by atoms with Crippen molar-refractivity contribution in [3.05, 3.63) is 59.8 Å². The van der Waals surface area contributed by atoms with Gasteiger partial charge in [0.15, 0.2) is 0 Å². The Morgan fingerprint density at radius 1 is 1.23 bits per heavy atom. The Labute approximate surface area is 171 Å². The normalized spacial score (nSPS) is 16.3. The lowest BCUT2D eigenvalue weighted by Gasteiger charge is -2.32. The zero-order chi connectivity index (χ0) is 22.1. The van der Waals surface area contributed by atoms with Gasteiger partial charge in [0, 0.05) is 30.9 Å². The van der Waals surface area contributed by atoms with E-state index in [9.17, 15) is 18.0 Å². The van der Waals surface area contributed by atoms with Crippen LogP contribution in [0.5, 0.6) is 5.88 Å². The maximum atomic E-state index is 12.5. The largest absolute Gasteiger partial charge is 0.490 e. The minimum Gasteiger partial charge on any atom is -0.475 e. The van der Waals surface area contributed by atoms with E-state index in [0.717, 1.165) is 30.5 Å². The van der Waals surface area contributed by atoms with Gasteiger partial charge in [-0.05, 0) is 36.6 Å². The first-order chi connectivity index (χ1) is 14.2. The number of hydrogen-bond acceptors (Lipinski definition) is 5. The molecule has 0 unspecified atom stereocenters. The Bertz CT molecular complexity index is 847. The number of ether oxygens (including phenoxy) is 1. The van der Waals surface area contributed by atoms with E-state index in [1.165, 1.54) is 0 Å². The molecule has 1 atom stereocenters. The van der Waals surface area contributed by atoms with Crippen LogP contribution in [0, 0.1) is 0 Å². The number of benzene rings is 1. The molecule has 7 nitrogen and oxygen atoms in total. The van der Waals surface area contributed by atoms with E-state index in [1.54, 1.807) is 6.20 Å². The number of amides is 1. The molecule has 0 saturated carbocycles. The second-order valence-electron chi connectivity index (χ2n) is 6.51. The topological polar surface area (TPSA) is 106 Å². The SMILES string of the molecule is NCc1ccnc(O[C@H]2CCCN(C(=O)c3ccccc3)C2)c1.O=C(O)C(F)(F)F. The van der Waals surface area contributed by atoms with Crippen molar-refractivity contribution in [1.29, 1.82) is 0 Å². The Kier molecular flexibility index (Phi) is 8.16. The van der Waals surface area contributed by atoms with Gasteiger partial charge >= 0.3 is 12.1 Å². The molecule has 3 N–H and O–H groups in total. The van der Waals surface area contributed by atoms with Crippen LogP contribution < -0.4 is 10.5 Å². The van der Waals surface area contributed by atoms with E-state index in [1.807, 2.05) is 47.4 Å². The second-order valence-corrected chi connectivity index (χ2v) is 6.51. The standard InChI is InChI=1S/C18H21N3O2.C2HF3O2/c19-12-14-8-9-20-17(11-14)23-16-7-4-10-21(13-16)18(22)15-5-2-1-3-6-15;3-2(4,5)1(6)7/h1-3,5-6,8-9,11,16H,4,7,10,12-13,19H2;(H,6,7)/t16-;/m0./s1. The number of nitrogens with zero attached hydrogens (tertiary/aromatic N) is 2. The summed E-state index contributed by atoms with van der Waals surface area (Å²) < 4.78 is 37.7. The van der Waals surface area contributed by atoms with Gasteiger partial charge in [-0.1, -0.05) is 18.2 Å². The van der Waals surface area contributed by atoms with Gasteiger partial charge in [0.05, 0.1) is 6.54 Å². The van der Waals surface area contributed by atoms with E-state index < -0.39 is 12.1 Å². The lowest BCUT2D eigenvalue weighted by molar-refractivity contribution is -0.192. The van der Waals surface area contributed by atoms with Crippen LogP contribution in [-0.4, -0.2) is 52.2 Å². The van der Waals surface area contributed by atoms with E-state index >= 15 is 0 Å². The zero-order valence-corrected chi connectivity index (χ0v) is 16.0. The van der Waals surface area contributed by atoms with Gasteiger partial charge in [-0.25, -0.2) is 9.78 Å². The van der Waals surface area contributed by atoms with Crippen molar-refractivity contribution >= 4 is 11.9 Å². The number of carboxylic acids is 1. The molecule has 2 heterocycles. The van der Waals surface area contributed by atoms with Crippen LogP contribution in [-0.2, 0) is 11.3 Å². The number of hydrogen-bond donors (Lipinski definition) is 2. The summed E-state index contributed by atoms with van der Waals surface area (Å²) in [5.74, 6) is -2.12. The smallest absolute Gasteiger partial charge is 0.475 e. The molecular weight excluding hydrogens is 403 g/mol. The van der Waals surface area contributed by atoms with Gasteiger partial charge in [0.25, 0.3) is 5.91 Å². The molecule has 0 spiro atoms. The van der Waals surface area contributed by atoms with Crippen LogP contribution in [0.1, 0.15) is 28.8 Å². The van der Waals surface area contributed by atoms with Crippen molar-refractivity contribution in [1.82, 2.24) is 9.88 Å². The highest BCUT2D eigenvalue weighted by Gasteiger charge is 2.38. The lowest BCUT2D eigenvalue weighted by atomic mass is 10.1. The van der Waals surface area contributed by atoms with Crippen LogP contribution in [0.2, 0.25) is 0 Å². The zero-order valence-electron chi connectivity index (χ0n) is 16.0. The summed E-state index contributed by atoms with van der Waals surface area (Å²) in [6.07, 6.45) is -1.56. The number of likely N-dealkylation sites (tertiary alicyclic amines) is 1. The van der Waals surface area contributed by atoms with Gasteiger partial charge < -0.3 is 20.5 Å². The molecule has 3 rings (SSSR count). The number of aliphatic carboxylic acids is 1. The molecule has 162 valence electrons. The molecule has 1 fully saturated rings. The van der Waals surface area contributed by atoms with Gasteiger partial charge in [-0.15, -0.1) is 0 Å². The van der Waals surface area contributed by atoms with E-state index in [-0.39, 0.29) is 12.0 Å². The highest BCUT2D eigenvalue weighted by Crippen LogP contribution is 2.19. The van der Waals surface area contributed by atoms with Gasteiger partial charge in [0.2, 0.25) is 5.88 Å². The molecule has 1 aromatic carbocycles. The summed E-state index contributed by atoms with van der Waals surface area (Å²) in [5.41, 5.74) is 7.35. The van der Waals surface area contributed by atoms with E-state index in [2.05, 4.69) is 4.98 Å². The molecule has 1 aliphatic heterocycles. The number of piperidine rings is 1. The molecular formula is C20H22F3N3O4. The molecule has 2 aromatic rings. The van der Waals surface area contributed by atoms with E-state index in [0.29, 0.717) is 19.0 Å². The number of halogens is 3. The fourth-order valence-electron chi connectivity index (χ4n) is 2.79. The molecule has 1 aliphatic rings. The molecule has 30 heavy (non-hydrogen) atoms. The van der Waals surface area contributed by atoms with Crippen molar-refractivity contribution in [2.75, 3.05) is 13.1 Å². The average Bonchev–Trinajstić information content (AvgIpc) is 2.74. The fourth-order valence-corrected chi connectivity index (χ4v) is 2.79. The van der Waals surface area contributed by atoms with Crippen molar-refractivity contribution in [2.45, 2.75) is 31.7 Å². The minimum atomic E-state index is -5.08. The predicted molar refractivity (Wildman–Crippen MR) is 102 cm³/mol. The molecule has 0 radical (unpaired) electrons. The minimum absolute atomic E-state index is 0.0306. The highest BCUT2D eigenvalue weighted by atomic mass is 19.4. The first-order valence-electron chi connectivity index (χ1n) is 9.16. The molecule has 0 bridgehead atoms. The quantitative estimate of drug-likeness (QED) is 0.780. The number of rotatable bonds is 4. The Morgan fingerprint density at radius 2 is 1.90 bits per heavy atom. The number of nitrogens with two attached hydrogens (primary N) is 1. The number of carboxylic acid groups (broad SMARTS) is 1. The summed E-state index contributed by atoms with van der Waals surface area (Å²) in [6, 6.07) is 13.1. The Morgan fingerprint density at radius 3 is 2.50 bits per heavy atom. The van der Waals surface area contributed by atoms with Gasteiger partial charge in [-0.3, -0.25) is 4.79 Å². The first kappa shape index (κ1) is 23.1. The Hall–Kier alpha value is -3.14. The van der Waals surface area contributed by atoms with Crippen molar-refractivity contribution in [3.63, 3.8) is 0 Å². The monoisotopic (exact) mass is 425 g/mol. The maximum Gasteiger partial charge on any atom is 0.490 e. The summed E-state index contributed by atoms with van der Waals surface area (Å²) in [6.45, 7) is 1.81. The van der Waals surface area contributed by atoms with Crippen LogP contribution in [0.3, 0.4) is 0 Å². The van der Waals surface area contributed by atoms with Crippen molar-refractivity contribution in [2.24, 2.45) is 5.73 Å². The third-order valence-corrected chi connectivity index (χ3v) is 4.25. The lowest BCUT2D eigenvalue weighted by Crippen LogP contribution is -2.44. The number of carbonyl (C=O) groups excluding carboxylic acids is 1. The van der Waals surface area contributed by atoms with Crippen LogP contribution >= 0.6 is 0 Å². The molecule has 1 saturated heterocycles. The van der Waals surface area contributed by atoms with Gasteiger partial charge in [0.1, 0.15) is 6.10 Å². The number of alkyl halides is 3. The summed E-state index contributed by atoms with van der Waals surface area (Å²) in [7, 11) is 0. The maximum absolute atomic E-state index is 12.5. The summed E-state index contributed by atoms with van der Waals surface area (Å²) >= 11 is 0. The van der Waals surface area contributed by atoms with Crippen LogP contribution in [0.25, 0.3) is 0 Å². The predicted octanol–water partition coefficient (Wildman–Crippen LogP) is 2.86. The first-order valence-corrected chi connectivity index (χ1v) is 9.16. The van der Waals surface area contributed by atoms with Crippen molar-refractivity contribution in [3.8, 4) is 5.88 Å². The molecule has 1 aromatic heterocycles. The fraction of sp³-hybridized carbons (Fsp3) is 0.350. The van der Waals surface area contributed by atoms with Crippen molar-refractivity contribution < 1.29 is 32.6 Å². The molecule has 1 amide bonds. The number of carbonyl (C=O) groups is 2. The van der Waals surface area contributed by atoms with E-state index in [4.69, 9.17) is 20.4 Å². The summed E-state index contributed by atoms with van der Waals surface area (Å²) in [5, 5.41) is 7.12. The molecule has 10 heteroatoms. The van der Waals surface area contributed by atoms with Crippen LogP contribution in [0.4, 0.5) is 13.2 Å². The van der Waals surface area contributed by atoms with Crippen LogP contribution in [0.15, 0.2) is 48.7 Å². The Balaban J connectivity index is 0.000000396. The number of pyridine rings is 1. The highest BCUT2D eigenvalue weighted by molar-refractivity contribution is 5.94. The summed E-state index contributed by atoms with van der Waals surface area (Å²) in [4.78, 5) is 27.5. The second kappa shape index (κ2) is 10.6. The molecule has 0 aliphatic carbocycles. The van der Waals surface area contributed by atoms with Gasteiger partial charge in [-0.2, -0.15) is 13.2 Å².